The van der Waals surface area contributed by atoms with E-state index in [1.165, 1.54) is 31.8 Å². The molecule has 2 nitrogen and oxygen atoms in total. The maximum atomic E-state index is 11.3. The average Bonchev–Trinajstić information content (AvgIpc) is 2.43. The van der Waals surface area contributed by atoms with Gasteiger partial charge in [0.15, 0.2) is 0 Å². The molecular formula is C11H19NO. The van der Waals surface area contributed by atoms with Gasteiger partial charge >= 0.3 is 0 Å². The number of carbonyl (C=O) groups is 1. The van der Waals surface area contributed by atoms with Crippen LogP contribution in [0, 0.1) is 0 Å². The summed E-state index contributed by atoms with van der Waals surface area (Å²) < 4.78 is 0. The summed E-state index contributed by atoms with van der Waals surface area (Å²) in [6, 6.07) is 0.452. The summed E-state index contributed by atoms with van der Waals surface area (Å²) in [5, 5.41) is 0. The lowest BCUT2D eigenvalue weighted by Gasteiger charge is -2.25. The van der Waals surface area contributed by atoms with Gasteiger partial charge in [0.1, 0.15) is 0 Å². The molecule has 74 valence electrons. The first-order valence-corrected chi connectivity index (χ1v) is 5.15. The molecule has 0 aromatic rings. The Morgan fingerprint density at radius 3 is 2.31 bits per heavy atom. The maximum Gasteiger partial charge on any atom is 0.245 e. The Hall–Kier alpha value is -0.790. The van der Waals surface area contributed by atoms with Gasteiger partial charge in [0.25, 0.3) is 0 Å². The van der Waals surface area contributed by atoms with Crippen LogP contribution in [0.25, 0.3) is 0 Å². The van der Waals surface area contributed by atoms with Gasteiger partial charge in [-0.15, -0.1) is 0 Å². The Kier molecular flexibility index (Phi) is 4.00. The number of hydrogen-bond donors (Lipinski definition) is 0. The smallest absolute Gasteiger partial charge is 0.245 e. The predicted octanol–water partition coefficient (Wildman–Crippen LogP) is 2.35. The van der Waals surface area contributed by atoms with Gasteiger partial charge in [-0.1, -0.05) is 32.3 Å². The topological polar surface area (TPSA) is 20.3 Å². The van der Waals surface area contributed by atoms with E-state index in [1.54, 1.807) is 0 Å². The Morgan fingerprint density at radius 2 is 1.85 bits per heavy atom. The molecule has 1 aliphatic carbocycles. The van der Waals surface area contributed by atoms with Gasteiger partial charge in [-0.25, -0.2) is 0 Å². The zero-order valence-corrected chi connectivity index (χ0v) is 8.46. The van der Waals surface area contributed by atoms with Crippen molar-refractivity contribution in [3.8, 4) is 0 Å². The molecule has 0 bridgehead atoms. The van der Waals surface area contributed by atoms with Crippen LogP contribution >= 0.6 is 0 Å². The molecule has 0 N–H and O–H groups in total. The maximum absolute atomic E-state index is 11.3. The molecular weight excluding hydrogens is 162 g/mol. The van der Waals surface area contributed by atoms with E-state index in [0.717, 1.165) is 12.8 Å². The van der Waals surface area contributed by atoms with Crippen LogP contribution in [0.1, 0.15) is 38.5 Å². The first kappa shape index (κ1) is 10.3. The van der Waals surface area contributed by atoms with Gasteiger partial charge in [0.2, 0.25) is 5.91 Å². The minimum atomic E-state index is 0.0619. The lowest BCUT2D eigenvalue weighted by atomic mass is 10.1. The summed E-state index contributed by atoms with van der Waals surface area (Å²) in [5.41, 5.74) is 0. The molecule has 0 aromatic heterocycles. The van der Waals surface area contributed by atoms with Crippen molar-refractivity contribution in [2.45, 2.75) is 44.6 Å². The van der Waals surface area contributed by atoms with Crippen molar-refractivity contribution in [2.24, 2.45) is 0 Å². The van der Waals surface area contributed by atoms with E-state index < -0.39 is 0 Å². The molecule has 0 saturated heterocycles. The van der Waals surface area contributed by atoms with Crippen molar-refractivity contribution >= 4 is 5.91 Å². The lowest BCUT2D eigenvalue weighted by Crippen LogP contribution is -2.35. The monoisotopic (exact) mass is 181 g/mol. The molecule has 1 saturated carbocycles. The molecule has 1 fully saturated rings. The zero-order chi connectivity index (χ0) is 9.68. The molecule has 0 heterocycles. The first-order chi connectivity index (χ1) is 6.25. The van der Waals surface area contributed by atoms with Crippen molar-refractivity contribution in [3.05, 3.63) is 12.7 Å². The van der Waals surface area contributed by atoms with Crippen molar-refractivity contribution in [2.75, 3.05) is 7.05 Å². The van der Waals surface area contributed by atoms with E-state index >= 15 is 0 Å². The zero-order valence-electron chi connectivity index (χ0n) is 8.46. The predicted molar refractivity (Wildman–Crippen MR) is 54.5 cm³/mol. The molecule has 0 radical (unpaired) electrons. The fraction of sp³-hybridized carbons (Fsp3) is 0.727. The largest absolute Gasteiger partial charge is 0.339 e. The quantitative estimate of drug-likeness (QED) is 0.473. The molecule has 0 atom stereocenters. The Labute approximate surface area is 80.6 Å². The SMILES string of the molecule is C=CC(=O)N(C)C1CCCCCC1. The highest BCUT2D eigenvalue weighted by Gasteiger charge is 2.18. The van der Waals surface area contributed by atoms with E-state index in [1.807, 2.05) is 11.9 Å². The van der Waals surface area contributed by atoms with Gasteiger partial charge in [0, 0.05) is 13.1 Å². The second-order valence-corrected chi connectivity index (χ2v) is 3.80. The highest BCUT2D eigenvalue weighted by atomic mass is 16.2. The Bertz CT molecular complexity index is 181. The molecule has 1 amide bonds. The van der Waals surface area contributed by atoms with E-state index in [9.17, 15) is 4.79 Å². The molecule has 1 aliphatic rings. The average molecular weight is 181 g/mol. The van der Waals surface area contributed by atoms with Gasteiger partial charge < -0.3 is 4.90 Å². The highest BCUT2D eigenvalue weighted by Crippen LogP contribution is 2.20. The number of hydrogen-bond acceptors (Lipinski definition) is 1. The van der Waals surface area contributed by atoms with Crippen LogP contribution in [0.5, 0.6) is 0 Å². The molecule has 0 aliphatic heterocycles. The van der Waals surface area contributed by atoms with Gasteiger partial charge in [-0.2, -0.15) is 0 Å². The summed E-state index contributed by atoms with van der Waals surface area (Å²) in [7, 11) is 1.89. The molecule has 13 heavy (non-hydrogen) atoms. The van der Waals surface area contributed by atoms with E-state index in [-0.39, 0.29) is 5.91 Å². The second-order valence-electron chi connectivity index (χ2n) is 3.80. The third-order valence-corrected chi connectivity index (χ3v) is 2.89. The molecule has 2 heteroatoms. The molecule has 1 rings (SSSR count). The van der Waals surface area contributed by atoms with Crippen molar-refractivity contribution in [1.29, 1.82) is 0 Å². The third kappa shape index (κ3) is 2.87. The fourth-order valence-corrected chi connectivity index (χ4v) is 1.97. The van der Waals surface area contributed by atoms with E-state index in [2.05, 4.69) is 6.58 Å². The first-order valence-electron chi connectivity index (χ1n) is 5.15. The summed E-state index contributed by atoms with van der Waals surface area (Å²) in [6.45, 7) is 3.51. The van der Waals surface area contributed by atoms with Crippen LogP contribution < -0.4 is 0 Å². The lowest BCUT2D eigenvalue weighted by molar-refractivity contribution is -0.126. The minimum Gasteiger partial charge on any atom is -0.339 e. The van der Waals surface area contributed by atoms with E-state index in [4.69, 9.17) is 0 Å². The van der Waals surface area contributed by atoms with Crippen molar-refractivity contribution in [3.63, 3.8) is 0 Å². The Balaban J connectivity index is 2.47. The fourth-order valence-electron chi connectivity index (χ4n) is 1.97. The van der Waals surface area contributed by atoms with Gasteiger partial charge in [-0.3, -0.25) is 4.79 Å². The van der Waals surface area contributed by atoms with Crippen LogP contribution in [0.15, 0.2) is 12.7 Å². The van der Waals surface area contributed by atoms with Crippen LogP contribution in [-0.4, -0.2) is 23.9 Å². The molecule has 0 aromatic carbocycles. The van der Waals surface area contributed by atoms with Crippen molar-refractivity contribution < 1.29 is 4.79 Å². The van der Waals surface area contributed by atoms with Crippen LogP contribution in [0.3, 0.4) is 0 Å². The van der Waals surface area contributed by atoms with Gasteiger partial charge in [-0.05, 0) is 18.9 Å². The summed E-state index contributed by atoms with van der Waals surface area (Å²) in [4.78, 5) is 13.2. The number of likely N-dealkylation sites (N-methyl/N-ethyl adjacent to an activating group) is 1. The number of rotatable bonds is 2. The standard InChI is InChI=1S/C11H19NO/c1-3-11(13)12(2)10-8-6-4-5-7-9-10/h3,10H,1,4-9H2,2H3. The third-order valence-electron chi connectivity index (χ3n) is 2.89. The summed E-state index contributed by atoms with van der Waals surface area (Å²) in [5.74, 6) is 0.0619. The normalized spacial score (nSPS) is 19.2. The van der Waals surface area contributed by atoms with Crippen LogP contribution in [-0.2, 0) is 4.79 Å². The minimum absolute atomic E-state index is 0.0619. The van der Waals surface area contributed by atoms with Crippen LogP contribution in [0.4, 0.5) is 0 Å². The summed E-state index contributed by atoms with van der Waals surface area (Å²) >= 11 is 0. The molecule has 0 spiro atoms. The molecule has 0 unspecified atom stereocenters. The summed E-state index contributed by atoms with van der Waals surface area (Å²) in [6.07, 6.45) is 8.91. The van der Waals surface area contributed by atoms with Crippen molar-refractivity contribution in [1.82, 2.24) is 4.90 Å². The van der Waals surface area contributed by atoms with E-state index in [0.29, 0.717) is 6.04 Å². The number of amides is 1. The second kappa shape index (κ2) is 5.05. The number of carbonyl (C=O) groups excluding carboxylic acids is 1. The number of nitrogens with zero attached hydrogens (tertiary/aromatic N) is 1. The Morgan fingerprint density at radius 1 is 1.31 bits per heavy atom. The van der Waals surface area contributed by atoms with Crippen LogP contribution in [0.2, 0.25) is 0 Å². The highest BCUT2D eigenvalue weighted by molar-refractivity contribution is 5.86. The van der Waals surface area contributed by atoms with Gasteiger partial charge in [0.05, 0.1) is 0 Å².